The van der Waals surface area contributed by atoms with Gasteiger partial charge in [-0.05, 0) is 30.9 Å². The zero-order chi connectivity index (χ0) is 20.2. The molecule has 1 unspecified atom stereocenters. The fourth-order valence-corrected chi connectivity index (χ4v) is 3.58. The van der Waals surface area contributed by atoms with E-state index in [0.717, 1.165) is 42.8 Å². The van der Waals surface area contributed by atoms with Crippen molar-refractivity contribution in [3.63, 3.8) is 0 Å². The molecule has 1 aliphatic heterocycles. The van der Waals surface area contributed by atoms with Crippen molar-refractivity contribution in [2.24, 2.45) is 5.92 Å². The molecular formula is C20H25N5O4. The summed E-state index contributed by atoms with van der Waals surface area (Å²) in [5.74, 6) is 2.05. The summed E-state index contributed by atoms with van der Waals surface area (Å²) in [5.41, 5.74) is 1.50. The Bertz CT molecular complexity index is 982. The SMILES string of the molecule is CCc1noc(CNC(=O)CC2CCCN(c3nc4cc(OC)ccc4o3)C2)n1. The molecular weight excluding hydrogens is 374 g/mol. The lowest BCUT2D eigenvalue weighted by molar-refractivity contribution is -0.122. The highest BCUT2D eigenvalue weighted by atomic mass is 16.5. The van der Waals surface area contributed by atoms with Gasteiger partial charge in [0.15, 0.2) is 11.4 Å². The van der Waals surface area contributed by atoms with Gasteiger partial charge in [0.25, 0.3) is 6.01 Å². The Hall–Kier alpha value is -3.10. The quantitative estimate of drug-likeness (QED) is 0.646. The number of carbonyl (C=O) groups excluding carboxylic acids is 1. The van der Waals surface area contributed by atoms with E-state index in [9.17, 15) is 4.79 Å². The van der Waals surface area contributed by atoms with Crippen LogP contribution >= 0.6 is 0 Å². The molecule has 1 amide bonds. The lowest BCUT2D eigenvalue weighted by Crippen LogP contribution is -2.38. The van der Waals surface area contributed by atoms with Gasteiger partial charge < -0.3 is 23.9 Å². The summed E-state index contributed by atoms with van der Waals surface area (Å²) in [4.78, 5) is 23.3. The van der Waals surface area contributed by atoms with Crippen molar-refractivity contribution in [3.05, 3.63) is 29.9 Å². The van der Waals surface area contributed by atoms with E-state index in [4.69, 9.17) is 13.7 Å². The highest BCUT2D eigenvalue weighted by Gasteiger charge is 2.25. The zero-order valence-corrected chi connectivity index (χ0v) is 16.7. The second-order valence-electron chi connectivity index (χ2n) is 7.22. The van der Waals surface area contributed by atoms with Gasteiger partial charge in [0.2, 0.25) is 11.8 Å². The zero-order valence-electron chi connectivity index (χ0n) is 16.7. The smallest absolute Gasteiger partial charge is 0.298 e. The number of methoxy groups -OCH3 is 1. The van der Waals surface area contributed by atoms with Gasteiger partial charge in [0.1, 0.15) is 11.3 Å². The lowest BCUT2D eigenvalue weighted by Gasteiger charge is -2.31. The number of benzene rings is 1. The first kappa shape index (κ1) is 19.2. The minimum atomic E-state index is -0.0181. The minimum Gasteiger partial charge on any atom is -0.497 e. The monoisotopic (exact) mass is 399 g/mol. The normalized spacial score (nSPS) is 16.9. The Morgan fingerprint density at radius 2 is 2.28 bits per heavy atom. The first-order chi connectivity index (χ1) is 14.1. The molecule has 154 valence electrons. The summed E-state index contributed by atoms with van der Waals surface area (Å²) in [6, 6.07) is 6.17. The maximum Gasteiger partial charge on any atom is 0.298 e. The third-order valence-electron chi connectivity index (χ3n) is 5.11. The van der Waals surface area contributed by atoms with Crippen LogP contribution in [0, 0.1) is 5.92 Å². The third-order valence-corrected chi connectivity index (χ3v) is 5.11. The van der Waals surface area contributed by atoms with Crippen LogP contribution in [0.1, 0.15) is 37.9 Å². The first-order valence-corrected chi connectivity index (χ1v) is 9.92. The van der Waals surface area contributed by atoms with Crippen LogP contribution in [0.5, 0.6) is 5.75 Å². The number of rotatable bonds is 7. The second kappa shape index (κ2) is 8.50. The average molecular weight is 399 g/mol. The van der Waals surface area contributed by atoms with Crippen LogP contribution in [0.3, 0.4) is 0 Å². The Kier molecular flexibility index (Phi) is 5.64. The molecule has 1 aromatic carbocycles. The fraction of sp³-hybridized carbons (Fsp3) is 0.500. The minimum absolute atomic E-state index is 0.0181. The number of carbonyl (C=O) groups is 1. The number of fused-ring (bicyclic) bond motifs is 1. The van der Waals surface area contributed by atoms with Crippen LogP contribution in [0.2, 0.25) is 0 Å². The van der Waals surface area contributed by atoms with Gasteiger partial charge in [0, 0.05) is 32.0 Å². The van der Waals surface area contributed by atoms with Crippen molar-refractivity contribution < 1.29 is 18.5 Å². The molecule has 1 atom stereocenters. The number of piperidine rings is 1. The predicted molar refractivity (Wildman–Crippen MR) is 106 cm³/mol. The van der Waals surface area contributed by atoms with E-state index in [0.29, 0.717) is 30.6 Å². The number of ether oxygens (including phenoxy) is 1. The van der Waals surface area contributed by atoms with Crippen molar-refractivity contribution >= 4 is 23.0 Å². The summed E-state index contributed by atoms with van der Waals surface area (Å²) < 4.78 is 16.3. The van der Waals surface area contributed by atoms with E-state index >= 15 is 0 Å². The molecule has 2 aromatic heterocycles. The molecule has 9 heteroatoms. The molecule has 9 nitrogen and oxygen atoms in total. The van der Waals surface area contributed by atoms with E-state index in [1.165, 1.54) is 0 Å². The number of oxazole rings is 1. The van der Waals surface area contributed by atoms with Crippen molar-refractivity contribution in [1.82, 2.24) is 20.4 Å². The predicted octanol–water partition coefficient (Wildman–Crippen LogP) is 2.70. The third kappa shape index (κ3) is 4.49. The van der Waals surface area contributed by atoms with Gasteiger partial charge in [-0.1, -0.05) is 12.1 Å². The van der Waals surface area contributed by atoms with Gasteiger partial charge in [-0.2, -0.15) is 9.97 Å². The Labute approximate surface area is 168 Å². The van der Waals surface area contributed by atoms with Crippen LogP contribution in [-0.2, 0) is 17.8 Å². The molecule has 3 heterocycles. The Morgan fingerprint density at radius 3 is 3.07 bits per heavy atom. The summed E-state index contributed by atoms with van der Waals surface area (Å²) in [5, 5.41) is 6.70. The molecule has 0 spiro atoms. The second-order valence-corrected chi connectivity index (χ2v) is 7.22. The average Bonchev–Trinajstić information content (AvgIpc) is 3.38. The van der Waals surface area contributed by atoms with Crippen molar-refractivity contribution in [3.8, 4) is 5.75 Å². The van der Waals surface area contributed by atoms with E-state index in [1.807, 2.05) is 25.1 Å². The van der Waals surface area contributed by atoms with E-state index in [1.54, 1.807) is 7.11 Å². The summed E-state index contributed by atoms with van der Waals surface area (Å²) in [6.07, 6.45) is 3.14. The van der Waals surface area contributed by atoms with Gasteiger partial charge >= 0.3 is 0 Å². The number of anilines is 1. The number of nitrogens with one attached hydrogen (secondary N) is 1. The Balaban J connectivity index is 1.33. The molecule has 1 fully saturated rings. The molecule has 4 rings (SSSR count). The van der Waals surface area contributed by atoms with Crippen molar-refractivity contribution in [1.29, 1.82) is 0 Å². The molecule has 0 radical (unpaired) electrons. The maximum absolute atomic E-state index is 12.3. The van der Waals surface area contributed by atoms with E-state index in [-0.39, 0.29) is 18.4 Å². The number of nitrogens with zero attached hydrogens (tertiary/aromatic N) is 4. The van der Waals surface area contributed by atoms with Gasteiger partial charge in [0.05, 0.1) is 13.7 Å². The van der Waals surface area contributed by atoms with Crippen LogP contribution in [0.25, 0.3) is 11.1 Å². The molecule has 1 N–H and O–H groups in total. The summed E-state index contributed by atoms with van der Waals surface area (Å²) >= 11 is 0. The van der Waals surface area contributed by atoms with Crippen molar-refractivity contribution in [2.75, 3.05) is 25.1 Å². The fourth-order valence-electron chi connectivity index (χ4n) is 3.58. The van der Waals surface area contributed by atoms with Crippen molar-refractivity contribution in [2.45, 2.75) is 39.2 Å². The topological polar surface area (TPSA) is 107 Å². The lowest BCUT2D eigenvalue weighted by atomic mass is 9.95. The molecule has 0 bridgehead atoms. The molecule has 29 heavy (non-hydrogen) atoms. The first-order valence-electron chi connectivity index (χ1n) is 9.92. The number of hydrogen-bond donors (Lipinski definition) is 1. The van der Waals surface area contributed by atoms with Crippen LogP contribution < -0.4 is 15.0 Å². The number of hydrogen-bond acceptors (Lipinski definition) is 8. The summed E-state index contributed by atoms with van der Waals surface area (Å²) in [6.45, 7) is 3.81. The van der Waals surface area contributed by atoms with Crippen LogP contribution in [0.15, 0.2) is 27.1 Å². The highest BCUT2D eigenvalue weighted by Crippen LogP contribution is 2.29. The van der Waals surface area contributed by atoms with Crippen LogP contribution in [0.4, 0.5) is 6.01 Å². The number of amides is 1. The Morgan fingerprint density at radius 1 is 1.38 bits per heavy atom. The summed E-state index contributed by atoms with van der Waals surface area (Å²) in [7, 11) is 1.63. The van der Waals surface area contributed by atoms with Gasteiger partial charge in [-0.15, -0.1) is 0 Å². The standard InChI is InChI=1S/C20H25N5O4/c1-3-17-23-19(29-24-17)11-21-18(26)9-13-5-4-8-25(12-13)20-22-15-10-14(27-2)6-7-16(15)28-20/h6-7,10,13H,3-5,8-9,11-12H2,1-2H3,(H,21,26). The highest BCUT2D eigenvalue weighted by molar-refractivity contribution is 5.77. The van der Waals surface area contributed by atoms with E-state index < -0.39 is 0 Å². The van der Waals surface area contributed by atoms with Gasteiger partial charge in [-0.25, -0.2) is 0 Å². The largest absolute Gasteiger partial charge is 0.497 e. The molecule has 1 aliphatic rings. The van der Waals surface area contributed by atoms with E-state index in [2.05, 4.69) is 25.3 Å². The number of aromatic nitrogens is 3. The van der Waals surface area contributed by atoms with Gasteiger partial charge in [-0.3, -0.25) is 4.79 Å². The molecule has 3 aromatic rings. The van der Waals surface area contributed by atoms with Crippen LogP contribution in [-0.4, -0.2) is 41.2 Å². The maximum atomic E-state index is 12.3. The molecule has 1 saturated heterocycles. The number of aryl methyl sites for hydroxylation is 1. The molecule has 0 saturated carbocycles. The molecule has 0 aliphatic carbocycles.